The van der Waals surface area contributed by atoms with Crippen LogP contribution in [-0.4, -0.2) is 28.8 Å². The van der Waals surface area contributed by atoms with Crippen LogP contribution < -0.4 is 0 Å². The Kier molecular flexibility index (Phi) is 40.1. The van der Waals surface area contributed by atoms with Gasteiger partial charge in [-0.05, 0) is 43.3 Å². The Labute approximate surface area is 311 Å². The van der Waals surface area contributed by atoms with Crippen LogP contribution in [0.1, 0.15) is 212 Å². The van der Waals surface area contributed by atoms with Gasteiger partial charge in [0.15, 0.2) is 0 Å². The summed E-state index contributed by atoms with van der Waals surface area (Å²) in [6, 6.07) is 8.82. The van der Waals surface area contributed by atoms with E-state index in [2.05, 4.69) is 49.9 Å². The quantitative estimate of drug-likeness (QED) is 0.0437. The van der Waals surface area contributed by atoms with Crippen LogP contribution in [0, 0.1) is 5.41 Å². The zero-order chi connectivity index (χ0) is 32.5. The van der Waals surface area contributed by atoms with E-state index in [4.69, 9.17) is 5.41 Å². The molecule has 1 N–H and O–H groups in total. The van der Waals surface area contributed by atoms with E-state index in [1.165, 1.54) is 198 Å². The van der Waals surface area contributed by atoms with Gasteiger partial charge in [-0.25, -0.2) is 0 Å². The van der Waals surface area contributed by atoms with Crippen LogP contribution in [0.3, 0.4) is 0 Å². The van der Waals surface area contributed by atoms with E-state index in [0.29, 0.717) is 5.04 Å². The average molecular weight is 716 g/mol. The Morgan fingerprint density at radius 2 is 0.851 bits per heavy atom. The van der Waals surface area contributed by atoms with Gasteiger partial charge in [-0.2, -0.15) is 0 Å². The van der Waals surface area contributed by atoms with Gasteiger partial charge < -0.3 is 0 Å². The summed E-state index contributed by atoms with van der Waals surface area (Å²) < 4.78 is 0. The summed E-state index contributed by atoms with van der Waals surface area (Å²) in [7, 11) is 0. The molecule has 2 nitrogen and oxygen atoms in total. The van der Waals surface area contributed by atoms with E-state index in [1.54, 1.807) is 11.8 Å². The van der Waals surface area contributed by atoms with Crippen molar-refractivity contribution >= 4 is 41.6 Å². The molecule has 0 heterocycles. The highest BCUT2D eigenvalue weighted by Gasteiger charge is 2.09. The molecule has 0 saturated heterocycles. The lowest BCUT2D eigenvalue weighted by Crippen LogP contribution is -2.26. The Bertz CT molecular complexity index is 743. The van der Waals surface area contributed by atoms with E-state index in [0.717, 1.165) is 17.9 Å². The fourth-order valence-electron chi connectivity index (χ4n) is 6.63. The molecule has 0 aliphatic heterocycles. The van der Waals surface area contributed by atoms with Gasteiger partial charge in [0, 0.05) is 12.1 Å². The summed E-state index contributed by atoms with van der Waals surface area (Å²) in [5.74, 6) is 0.966. The highest BCUT2D eigenvalue weighted by molar-refractivity contribution is 8.14. The van der Waals surface area contributed by atoms with Crippen LogP contribution in [0.5, 0.6) is 0 Å². The molecule has 1 aromatic carbocycles. The summed E-state index contributed by atoms with van der Waals surface area (Å²) in [6.45, 7) is 10.2. The highest BCUT2D eigenvalue weighted by Crippen LogP contribution is 2.18. The smallest absolute Gasteiger partial charge is 0.0942 e. The van der Waals surface area contributed by atoms with Crippen molar-refractivity contribution in [2.24, 2.45) is 0 Å². The van der Waals surface area contributed by atoms with Crippen molar-refractivity contribution < 1.29 is 0 Å². The van der Waals surface area contributed by atoms with Crippen molar-refractivity contribution in [3.63, 3.8) is 0 Å². The third-order valence-electron chi connectivity index (χ3n) is 9.54. The SMILES string of the molecule is CCCCCCCCCCCCCCCCN(CCCCCCCCCCCCCCCC)Cc1cccc(C(=N)SCC)c1.Cl.Cl. The van der Waals surface area contributed by atoms with Crippen LogP contribution in [0.2, 0.25) is 0 Å². The van der Waals surface area contributed by atoms with Crippen molar-refractivity contribution in [2.75, 3.05) is 18.8 Å². The molecule has 0 amide bonds. The first-order chi connectivity index (χ1) is 22.2. The molecule has 0 aliphatic rings. The summed E-state index contributed by atoms with van der Waals surface area (Å²) in [6.07, 6.45) is 39.9. The van der Waals surface area contributed by atoms with Gasteiger partial charge in [-0.3, -0.25) is 10.3 Å². The predicted octanol–water partition coefficient (Wildman–Crippen LogP) is 15.4. The number of nitrogens with zero attached hydrogens (tertiary/aromatic N) is 1. The number of thioether (sulfide) groups is 1. The number of nitrogens with one attached hydrogen (secondary N) is 1. The average Bonchev–Trinajstić information content (AvgIpc) is 3.05. The third-order valence-corrected chi connectivity index (χ3v) is 10.4. The van der Waals surface area contributed by atoms with Crippen molar-refractivity contribution in [2.45, 2.75) is 207 Å². The fourth-order valence-corrected chi connectivity index (χ4v) is 7.21. The van der Waals surface area contributed by atoms with E-state index in [9.17, 15) is 0 Å². The largest absolute Gasteiger partial charge is 0.299 e. The molecule has 47 heavy (non-hydrogen) atoms. The standard InChI is InChI=1S/C42H78N2S.2ClH/c1-4-7-9-11-13-15-17-19-21-23-25-27-29-31-36-44(39-40-34-33-35-41(38-40)42(43)45-6-3)37-32-30-28-26-24-22-20-18-16-14-12-10-8-5-2;;/h33-35,38,43H,4-32,36-37,39H2,1-3H3;2*1H. The van der Waals surface area contributed by atoms with Crippen LogP contribution in [0.4, 0.5) is 0 Å². The first-order valence-electron chi connectivity index (χ1n) is 20.2. The van der Waals surface area contributed by atoms with Gasteiger partial charge in [0.25, 0.3) is 0 Å². The first-order valence-corrected chi connectivity index (χ1v) is 21.2. The number of unbranched alkanes of at least 4 members (excludes halogenated alkanes) is 26. The van der Waals surface area contributed by atoms with Gasteiger partial charge in [-0.15, -0.1) is 36.6 Å². The zero-order valence-electron chi connectivity index (χ0n) is 31.6. The van der Waals surface area contributed by atoms with E-state index >= 15 is 0 Å². The number of halogens is 2. The highest BCUT2D eigenvalue weighted by atomic mass is 35.5. The molecule has 0 radical (unpaired) electrons. The Morgan fingerprint density at radius 1 is 0.511 bits per heavy atom. The molecule has 0 unspecified atom stereocenters. The number of hydrogen-bond acceptors (Lipinski definition) is 3. The van der Waals surface area contributed by atoms with Crippen LogP contribution >= 0.6 is 36.6 Å². The fraction of sp³-hybridized carbons (Fsp3) is 0.833. The Hall–Kier alpha value is -0.220. The lowest BCUT2D eigenvalue weighted by Gasteiger charge is -2.23. The van der Waals surface area contributed by atoms with Crippen LogP contribution in [-0.2, 0) is 6.54 Å². The molecular weight excluding hydrogens is 635 g/mol. The molecule has 0 aromatic heterocycles. The maximum Gasteiger partial charge on any atom is 0.0942 e. The number of hydrogen-bond donors (Lipinski definition) is 1. The number of rotatable bonds is 34. The lowest BCUT2D eigenvalue weighted by atomic mass is 10.0. The molecule has 0 bridgehead atoms. The van der Waals surface area contributed by atoms with E-state index in [-0.39, 0.29) is 24.8 Å². The predicted molar refractivity (Wildman–Crippen MR) is 222 cm³/mol. The van der Waals surface area contributed by atoms with Crippen molar-refractivity contribution in [3.8, 4) is 0 Å². The molecule has 278 valence electrons. The normalized spacial score (nSPS) is 11.1. The minimum absolute atomic E-state index is 0. The van der Waals surface area contributed by atoms with Gasteiger partial charge in [-0.1, -0.05) is 206 Å². The third kappa shape index (κ3) is 31.5. The monoisotopic (exact) mass is 715 g/mol. The second-order valence-electron chi connectivity index (χ2n) is 13.9. The first kappa shape index (κ1) is 48.9. The van der Waals surface area contributed by atoms with E-state index in [1.807, 2.05) is 0 Å². The van der Waals surface area contributed by atoms with Gasteiger partial charge in [0.05, 0.1) is 5.04 Å². The molecule has 0 saturated carbocycles. The molecule has 0 spiro atoms. The maximum absolute atomic E-state index is 8.40. The molecule has 0 atom stereocenters. The topological polar surface area (TPSA) is 27.1 Å². The Morgan fingerprint density at radius 3 is 1.19 bits per heavy atom. The van der Waals surface area contributed by atoms with Gasteiger partial charge in [0.2, 0.25) is 0 Å². The molecule has 0 aliphatic carbocycles. The second-order valence-corrected chi connectivity index (χ2v) is 15.2. The van der Waals surface area contributed by atoms with Crippen LogP contribution in [0.15, 0.2) is 24.3 Å². The van der Waals surface area contributed by atoms with E-state index < -0.39 is 0 Å². The molecular formula is C42H80Cl2N2S. The lowest BCUT2D eigenvalue weighted by molar-refractivity contribution is 0.252. The Balaban J connectivity index is 0. The molecule has 5 heteroatoms. The van der Waals surface area contributed by atoms with Gasteiger partial charge in [0.1, 0.15) is 0 Å². The van der Waals surface area contributed by atoms with Gasteiger partial charge >= 0.3 is 0 Å². The molecule has 0 fully saturated rings. The van der Waals surface area contributed by atoms with Crippen molar-refractivity contribution in [1.82, 2.24) is 4.90 Å². The molecule has 1 rings (SSSR count). The minimum Gasteiger partial charge on any atom is -0.299 e. The summed E-state index contributed by atoms with van der Waals surface area (Å²) >= 11 is 1.65. The maximum atomic E-state index is 8.40. The zero-order valence-corrected chi connectivity index (χ0v) is 34.1. The van der Waals surface area contributed by atoms with Crippen molar-refractivity contribution in [1.29, 1.82) is 5.41 Å². The van der Waals surface area contributed by atoms with Crippen LogP contribution in [0.25, 0.3) is 0 Å². The van der Waals surface area contributed by atoms with Crippen molar-refractivity contribution in [3.05, 3.63) is 35.4 Å². The summed E-state index contributed by atoms with van der Waals surface area (Å²) in [5.41, 5.74) is 2.47. The number of benzene rings is 1. The minimum atomic E-state index is 0. The second kappa shape index (κ2) is 38.6. The summed E-state index contributed by atoms with van der Waals surface area (Å²) in [5, 5.41) is 9.11. The molecule has 1 aromatic rings. The summed E-state index contributed by atoms with van der Waals surface area (Å²) in [4.78, 5) is 2.72.